The summed E-state index contributed by atoms with van der Waals surface area (Å²) < 4.78 is 5.90. The highest BCUT2D eigenvalue weighted by atomic mass is 32.2. The SMILES string of the molecule is Cc1cc(=O)[nH]c(Sc2ccc(C=Nc3sc4c(c3C(=O)Nc3ccccc3)CC[C@H](C(C)(C)C)C4)o2)n1. The van der Waals surface area contributed by atoms with Crippen LogP contribution in [0.2, 0.25) is 0 Å². The van der Waals surface area contributed by atoms with Gasteiger partial charge < -0.3 is 14.7 Å². The number of aromatic nitrogens is 2. The van der Waals surface area contributed by atoms with E-state index < -0.39 is 0 Å². The molecule has 0 aliphatic heterocycles. The van der Waals surface area contributed by atoms with E-state index in [1.807, 2.05) is 42.5 Å². The van der Waals surface area contributed by atoms with Crippen LogP contribution >= 0.6 is 23.1 Å². The summed E-state index contributed by atoms with van der Waals surface area (Å²) >= 11 is 2.83. The highest BCUT2D eigenvalue weighted by Crippen LogP contribution is 2.45. The number of carbonyl (C=O) groups excluding carboxylic acids is 1. The molecule has 0 saturated carbocycles. The normalized spacial score (nSPS) is 15.5. The van der Waals surface area contributed by atoms with E-state index in [0.29, 0.717) is 38.2 Å². The second kappa shape index (κ2) is 10.7. The Morgan fingerprint density at radius 3 is 2.76 bits per heavy atom. The van der Waals surface area contributed by atoms with Gasteiger partial charge in [-0.25, -0.2) is 9.98 Å². The number of amides is 1. The quantitative estimate of drug-likeness (QED) is 0.200. The molecule has 1 aromatic carbocycles. The summed E-state index contributed by atoms with van der Waals surface area (Å²) in [5, 5.41) is 4.78. The number of aryl methyl sites for hydroxylation is 1. The van der Waals surface area contributed by atoms with E-state index in [0.717, 1.165) is 30.5 Å². The molecule has 1 amide bonds. The molecule has 2 N–H and O–H groups in total. The Balaban J connectivity index is 1.42. The monoisotopic (exact) mass is 546 g/mol. The Morgan fingerprint density at radius 1 is 1.24 bits per heavy atom. The molecule has 3 aromatic heterocycles. The van der Waals surface area contributed by atoms with E-state index in [1.54, 1.807) is 24.5 Å². The van der Waals surface area contributed by atoms with Crippen molar-refractivity contribution in [1.82, 2.24) is 9.97 Å². The van der Waals surface area contributed by atoms with Crippen LogP contribution in [-0.2, 0) is 12.8 Å². The highest BCUT2D eigenvalue weighted by Gasteiger charge is 2.33. The minimum Gasteiger partial charge on any atom is -0.448 e. The molecule has 0 radical (unpaired) electrons. The number of para-hydroxylation sites is 1. The van der Waals surface area contributed by atoms with Gasteiger partial charge in [-0.15, -0.1) is 11.3 Å². The van der Waals surface area contributed by atoms with E-state index in [2.05, 4.69) is 36.1 Å². The van der Waals surface area contributed by atoms with Crippen LogP contribution in [0.3, 0.4) is 0 Å². The summed E-state index contributed by atoms with van der Waals surface area (Å²) in [4.78, 5) is 38.2. The summed E-state index contributed by atoms with van der Waals surface area (Å²) in [7, 11) is 0. The average molecular weight is 547 g/mol. The number of carbonyl (C=O) groups is 1. The third kappa shape index (κ3) is 6.00. The second-order valence-corrected chi connectivity index (χ2v) is 12.6. The van der Waals surface area contributed by atoms with Crippen LogP contribution in [0.15, 0.2) is 73.0 Å². The van der Waals surface area contributed by atoms with Crippen molar-refractivity contribution in [2.75, 3.05) is 5.32 Å². The van der Waals surface area contributed by atoms with Crippen LogP contribution in [0.1, 0.15) is 59.4 Å². The number of hydrogen-bond acceptors (Lipinski definition) is 7. The zero-order chi connectivity index (χ0) is 26.9. The van der Waals surface area contributed by atoms with Crippen molar-refractivity contribution < 1.29 is 9.21 Å². The Labute approximate surface area is 229 Å². The third-order valence-electron chi connectivity index (χ3n) is 6.69. The fourth-order valence-corrected chi connectivity index (χ4v) is 6.70. The van der Waals surface area contributed by atoms with Gasteiger partial charge in [-0.05, 0) is 79.1 Å². The standard InChI is InChI=1S/C29H30N4O3S2/c1-17-14-23(34)33-28(31-17)38-24-13-11-20(36-24)16-30-27-25(26(35)32-19-8-6-5-7-9-19)21-12-10-18(29(2,3)4)15-22(21)37-27/h5-9,11,13-14,16,18H,10,12,15H2,1-4H3,(H,32,35)(H,31,33,34)/t18-/m0/s1. The number of fused-ring (bicyclic) bond motifs is 1. The van der Waals surface area contributed by atoms with Crippen molar-refractivity contribution >= 4 is 45.9 Å². The number of nitrogens with zero attached hydrogens (tertiary/aromatic N) is 2. The predicted octanol–water partition coefficient (Wildman–Crippen LogP) is 7.04. The topological polar surface area (TPSA) is 100 Å². The first-order chi connectivity index (χ1) is 18.2. The molecular weight excluding hydrogens is 516 g/mol. The van der Waals surface area contributed by atoms with Crippen LogP contribution in [0.25, 0.3) is 0 Å². The Morgan fingerprint density at radius 2 is 2.03 bits per heavy atom. The van der Waals surface area contributed by atoms with Crippen molar-refractivity contribution in [3.63, 3.8) is 0 Å². The van der Waals surface area contributed by atoms with Gasteiger partial charge in [-0.3, -0.25) is 9.59 Å². The summed E-state index contributed by atoms with van der Waals surface area (Å²) in [6, 6.07) is 14.6. The van der Waals surface area contributed by atoms with Crippen LogP contribution in [0.5, 0.6) is 0 Å². The van der Waals surface area contributed by atoms with Gasteiger partial charge in [0.15, 0.2) is 10.2 Å². The molecule has 1 aliphatic rings. The molecular formula is C29H30N4O3S2. The number of aliphatic imine (C=N–C) groups is 1. The molecule has 9 heteroatoms. The lowest BCUT2D eigenvalue weighted by atomic mass is 9.72. The van der Waals surface area contributed by atoms with E-state index in [-0.39, 0.29) is 16.9 Å². The van der Waals surface area contributed by atoms with Gasteiger partial charge in [-0.1, -0.05) is 39.0 Å². The summed E-state index contributed by atoms with van der Waals surface area (Å²) in [5.74, 6) is 0.970. The third-order valence-corrected chi connectivity index (χ3v) is 8.66. The van der Waals surface area contributed by atoms with Crippen LogP contribution in [0.4, 0.5) is 10.7 Å². The van der Waals surface area contributed by atoms with Gasteiger partial charge in [-0.2, -0.15) is 0 Å². The predicted molar refractivity (Wildman–Crippen MR) is 153 cm³/mol. The van der Waals surface area contributed by atoms with Crippen LogP contribution in [0, 0.1) is 18.3 Å². The zero-order valence-corrected chi connectivity index (χ0v) is 23.5. The number of benzene rings is 1. The van der Waals surface area contributed by atoms with Crippen molar-refractivity contribution in [3.8, 4) is 0 Å². The van der Waals surface area contributed by atoms with Gasteiger partial charge in [0.2, 0.25) is 0 Å². The van der Waals surface area contributed by atoms with Crippen LogP contribution in [-0.4, -0.2) is 22.1 Å². The lowest BCUT2D eigenvalue weighted by molar-refractivity contribution is 0.102. The first-order valence-electron chi connectivity index (χ1n) is 12.6. The summed E-state index contributed by atoms with van der Waals surface area (Å²) in [6.45, 7) is 8.63. The zero-order valence-electron chi connectivity index (χ0n) is 21.8. The van der Waals surface area contributed by atoms with E-state index in [4.69, 9.17) is 9.41 Å². The van der Waals surface area contributed by atoms with E-state index >= 15 is 0 Å². The number of H-pyrrole nitrogens is 1. The minimum absolute atomic E-state index is 0.139. The fourth-order valence-electron chi connectivity index (χ4n) is 4.63. The summed E-state index contributed by atoms with van der Waals surface area (Å²) in [5.41, 5.74) is 3.16. The van der Waals surface area contributed by atoms with Crippen LogP contribution < -0.4 is 10.9 Å². The van der Waals surface area contributed by atoms with E-state index in [9.17, 15) is 9.59 Å². The molecule has 0 unspecified atom stereocenters. The molecule has 5 rings (SSSR count). The first kappa shape index (κ1) is 26.2. The lowest BCUT2D eigenvalue weighted by Gasteiger charge is -2.33. The van der Waals surface area contributed by atoms with Gasteiger partial charge in [0.1, 0.15) is 10.8 Å². The molecule has 0 fully saturated rings. The number of nitrogens with one attached hydrogen (secondary N) is 2. The molecule has 0 saturated heterocycles. The highest BCUT2D eigenvalue weighted by molar-refractivity contribution is 7.99. The number of hydrogen-bond donors (Lipinski definition) is 2. The Bertz CT molecular complexity index is 1540. The maximum absolute atomic E-state index is 13.5. The number of anilines is 1. The second-order valence-electron chi connectivity index (χ2n) is 10.5. The van der Waals surface area contributed by atoms with Crippen molar-refractivity contribution in [3.05, 3.63) is 86.3 Å². The first-order valence-corrected chi connectivity index (χ1v) is 14.2. The van der Waals surface area contributed by atoms with Crippen molar-refractivity contribution in [1.29, 1.82) is 0 Å². The van der Waals surface area contributed by atoms with Crippen molar-refractivity contribution in [2.45, 2.75) is 57.2 Å². The maximum Gasteiger partial charge on any atom is 0.259 e. The smallest absolute Gasteiger partial charge is 0.259 e. The van der Waals surface area contributed by atoms with Gasteiger partial charge in [0.25, 0.3) is 11.5 Å². The summed E-state index contributed by atoms with van der Waals surface area (Å²) in [6.07, 6.45) is 4.52. The fraction of sp³-hybridized carbons (Fsp3) is 0.310. The lowest BCUT2D eigenvalue weighted by Crippen LogP contribution is -2.27. The van der Waals surface area contributed by atoms with Gasteiger partial charge in [0, 0.05) is 22.3 Å². The van der Waals surface area contributed by atoms with Gasteiger partial charge in [0.05, 0.1) is 11.8 Å². The molecule has 7 nitrogen and oxygen atoms in total. The molecule has 1 aliphatic carbocycles. The van der Waals surface area contributed by atoms with Gasteiger partial charge >= 0.3 is 0 Å². The van der Waals surface area contributed by atoms with Crippen molar-refractivity contribution in [2.24, 2.45) is 16.3 Å². The number of rotatable bonds is 6. The minimum atomic E-state index is -0.204. The largest absolute Gasteiger partial charge is 0.448 e. The molecule has 0 spiro atoms. The molecule has 0 bridgehead atoms. The average Bonchev–Trinajstić information content (AvgIpc) is 3.45. The molecule has 1 atom stereocenters. The number of aromatic amines is 1. The van der Waals surface area contributed by atoms with E-state index in [1.165, 1.54) is 22.7 Å². The number of thiophene rings is 1. The maximum atomic E-state index is 13.5. The molecule has 38 heavy (non-hydrogen) atoms. The molecule has 196 valence electrons. The molecule has 4 aromatic rings. The number of furan rings is 1. The Kier molecular flexibility index (Phi) is 7.40. The Hall–Kier alpha value is -3.43. The molecule has 3 heterocycles.